The topological polar surface area (TPSA) is 75.4 Å². The van der Waals surface area contributed by atoms with E-state index in [-0.39, 0.29) is 24.2 Å². The highest BCUT2D eigenvalue weighted by Gasteiger charge is 2.17. The summed E-state index contributed by atoms with van der Waals surface area (Å²) < 4.78 is 1.65. The first-order valence-corrected chi connectivity index (χ1v) is 4.94. The standard InChI is InChI=1S/C10H15N3O3/c1-7(2)13-5-4-8(11-13)10(16)12(3)6-9(14)15/h4-5,7H,6H2,1-3H3,(H,14,15). The quantitative estimate of drug-likeness (QED) is 0.815. The Morgan fingerprint density at radius 3 is 2.62 bits per heavy atom. The van der Waals surface area contributed by atoms with Crippen molar-refractivity contribution < 1.29 is 14.7 Å². The second-order valence-corrected chi connectivity index (χ2v) is 3.83. The molecule has 0 aliphatic heterocycles. The molecule has 1 amide bonds. The zero-order valence-corrected chi connectivity index (χ0v) is 9.54. The molecule has 0 aliphatic carbocycles. The summed E-state index contributed by atoms with van der Waals surface area (Å²) in [5, 5.41) is 12.6. The molecule has 0 radical (unpaired) electrons. The maximum atomic E-state index is 11.7. The number of carbonyl (C=O) groups is 2. The Morgan fingerprint density at radius 2 is 2.19 bits per heavy atom. The molecule has 0 unspecified atom stereocenters. The van der Waals surface area contributed by atoms with Crippen LogP contribution in [0.3, 0.4) is 0 Å². The molecule has 0 aliphatic rings. The maximum absolute atomic E-state index is 11.7. The van der Waals surface area contributed by atoms with Gasteiger partial charge in [-0.15, -0.1) is 0 Å². The van der Waals surface area contributed by atoms with Crippen LogP contribution >= 0.6 is 0 Å². The minimum absolute atomic E-state index is 0.173. The lowest BCUT2D eigenvalue weighted by molar-refractivity contribution is -0.137. The zero-order chi connectivity index (χ0) is 12.3. The van der Waals surface area contributed by atoms with E-state index in [0.717, 1.165) is 4.90 Å². The van der Waals surface area contributed by atoms with Crippen LogP contribution in [0.5, 0.6) is 0 Å². The van der Waals surface area contributed by atoms with E-state index in [2.05, 4.69) is 5.10 Å². The number of carboxylic acids is 1. The predicted molar refractivity (Wildman–Crippen MR) is 57.2 cm³/mol. The fourth-order valence-electron chi connectivity index (χ4n) is 1.21. The molecule has 1 heterocycles. The van der Waals surface area contributed by atoms with Crippen molar-refractivity contribution in [3.05, 3.63) is 18.0 Å². The molecule has 0 fully saturated rings. The van der Waals surface area contributed by atoms with Gasteiger partial charge < -0.3 is 10.0 Å². The number of likely N-dealkylation sites (N-methyl/N-ethyl adjacent to an activating group) is 1. The number of hydrogen-bond acceptors (Lipinski definition) is 3. The molecule has 1 N–H and O–H groups in total. The molecule has 1 aromatic rings. The predicted octanol–water partition coefficient (Wildman–Crippen LogP) is 0.621. The van der Waals surface area contributed by atoms with Crippen molar-refractivity contribution in [1.29, 1.82) is 0 Å². The van der Waals surface area contributed by atoms with E-state index in [1.807, 2.05) is 13.8 Å². The van der Waals surface area contributed by atoms with Crippen LogP contribution in [-0.4, -0.2) is 45.3 Å². The molecule has 6 heteroatoms. The van der Waals surface area contributed by atoms with E-state index < -0.39 is 5.97 Å². The molecular weight excluding hydrogens is 210 g/mol. The summed E-state index contributed by atoms with van der Waals surface area (Å²) in [6.07, 6.45) is 1.70. The average molecular weight is 225 g/mol. The van der Waals surface area contributed by atoms with Crippen LogP contribution in [0.2, 0.25) is 0 Å². The molecule has 0 aromatic carbocycles. The molecule has 0 saturated carbocycles. The molecule has 1 rings (SSSR count). The molecular formula is C10H15N3O3. The smallest absolute Gasteiger partial charge is 0.323 e. The van der Waals surface area contributed by atoms with Crippen molar-refractivity contribution in [2.24, 2.45) is 0 Å². The second-order valence-electron chi connectivity index (χ2n) is 3.83. The third kappa shape index (κ3) is 2.82. The monoisotopic (exact) mass is 225 g/mol. The summed E-state index contributed by atoms with van der Waals surface area (Å²) in [6.45, 7) is 3.57. The highest BCUT2D eigenvalue weighted by atomic mass is 16.4. The highest BCUT2D eigenvalue weighted by molar-refractivity contribution is 5.93. The van der Waals surface area contributed by atoms with Crippen LogP contribution in [-0.2, 0) is 4.79 Å². The normalized spacial score (nSPS) is 10.5. The van der Waals surface area contributed by atoms with Gasteiger partial charge in [0.05, 0.1) is 0 Å². The lowest BCUT2D eigenvalue weighted by Gasteiger charge is -2.12. The number of hydrogen-bond donors (Lipinski definition) is 1. The Morgan fingerprint density at radius 1 is 1.56 bits per heavy atom. The Balaban J connectivity index is 2.76. The van der Waals surface area contributed by atoms with Gasteiger partial charge in [0, 0.05) is 19.3 Å². The van der Waals surface area contributed by atoms with Gasteiger partial charge in [0.2, 0.25) is 0 Å². The zero-order valence-electron chi connectivity index (χ0n) is 9.54. The van der Waals surface area contributed by atoms with Crippen LogP contribution in [0.25, 0.3) is 0 Å². The van der Waals surface area contributed by atoms with E-state index in [9.17, 15) is 9.59 Å². The first kappa shape index (κ1) is 12.2. The fourth-order valence-corrected chi connectivity index (χ4v) is 1.21. The molecule has 0 bridgehead atoms. The van der Waals surface area contributed by atoms with Crippen molar-refractivity contribution in [2.75, 3.05) is 13.6 Å². The van der Waals surface area contributed by atoms with Gasteiger partial charge in [-0.25, -0.2) is 0 Å². The number of amides is 1. The summed E-state index contributed by atoms with van der Waals surface area (Å²) in [5.41, 5.74) is 0.262. The summed E-state index contributed by atoms with van der Waals surface area (Å²) in [7, 11) is 1.44. The number of rotatable bonds is 4. The van der Waals surface area contributed by atoms with Gasteiger partial charge in [-0.3, -0.25) is 14.3 Å². The van der Waals surface area contributed by atoms with Gasteiger partial charge in [-0.2, -0.15) is 5.10 Å². The van der Waals surface area contributed by atoms with Crippen LogP contribution in [0.1, 0.15) is 30.4 Å². The molecule has 6 nitrogen and oxygen atoms in total. The van der Waals surface area contributed by atoms with E-state index in [1.165, 1.54) is 7.05 Å². The molecule has 16 heavy (non-hydrogen) atoms. The number of aliphatic carboxylic acids is 1. The third-order valence-electron chi connectivity index (χ3n) is 2.08. The molecule has 0 spiro atoms. The first-order valence-electron chi connectivity index (χ1n) is 4.94. The largest absolute Gasteiger partial charge is 0.480 e. The van der Waals surface area contributed by atoms with Crippen LogP contribution < -0.4 is 0 Å². The SMILES string of the molecule is CC(C)n1ccc(C(=O)N(C)CC(=O)O)n1. The van der Waals surface area contributed by atoms with Crippen LogP contribution in [0.4, 0.5) is 0 Å². The minimum atomic E-state index is -1.04. The summed E-state index contributed by atoms with van der Waals surface area (Å²) >= 11 is 0. The Kier molecular flexibility index (Phi) is 3.65. The van der Waals surface area contributed by atoms with Gasteiger partial charge >= 0.3 is 5.97 Å². The van der Waals surface area contributed by atoms with Crippen molar-refractivity contribution in [3.8, 4) is 0 Å². The third-order valence-corrected chi connectivity index (χ3v) is 2.08. The average Bonchev–Trinajstić information content (AvgIpc) is 2.64. The maximum Gasteiger partial charge on any atom is 0.323 e. The number of aromatic nitrogens is 2. The van der Waals surface area contributed by atoms with Gasteiger partial charge in [-0.1, -0.05) is 0 Å². The van der Waals surface area contributed by atoms with Gasteiger partial charge in [0.25, 0.3) is 5.91 Å². The highest BCUT2D eigenvalue weighted by Crippen LogP contribution is 2.06. The first-order chi connectivity index (χ1) is 7.41. The fraction of sp³-hybridized carbons (Fsp3) is 0.500. The van der Waals surface area contributed by atoms with Crippen molar-refractivity contribution in [1.82, 2.24) is 14.7 Å². The number of nitrogens with zero attached hydrogens (tertiary/aromatic N) is 3. The molecule has 0 atom stereocenters. The minimum Gasteiger partial charge on any atom is -0.480 e. The molecule has 0 saturated heterocycles. The Bertz CT molecular complexity index is 398. The van der Waals surface area contributed by atoms with Crippen LogP contribution in [0.15, 0.2) is 12.3 Å². The Labute approximate surface area is 93.5 Å². The lowest BCUT2D eigenvalue weighted by atomic mass is 10.4. The van der Waals surface area contributed by atoms with E-state index in [0.29, 0.717) is 0 Å². The summed E-state index contributed by atoms with van der Waals surface area (Å²) in [5.74, 6) is -1.43. The summed E-state index contributed by atoms with van der Waals surface area (Å²) in [4.78, 5) is 23.3. The van der Waals surface area contributed by atoms with E-state index in [1.54, 1.807) is 16.9 Å². The van der Waals surface area contributed by atoms with Crippen molar-refractivity contribution in [3.63, 3.8) is 0 Å². The molecule has 88 valence electrons. The van der Waals surface area contributed by atoms with E-state index in [4.69, 9.17) is 5.11 Å². The number of carbonyl (C=O) groups excluding carboxylic acids is 1. The molecule has 1 aromatic heterocycles. The van der Waals surface area contributed by atoms with Gasteiger partial charge in [0.15, 0.2) is 0 Å². The second kappa shape index (κ2) is 4.78. The van der Waals surface area contributed by atoms with Gasteiger partial charge in [0.1, 0.15) is 12.2 Å². The van der Waals surface area contributed by atoms with Gasteiger partial charge in [-0.05, 0) is 19.9 Å². The van der Waals surface area contributed by atoms with Crippen LogP contribution in [0, 0.1) is 0 Å². The lowest BCUT2D eigenvalue weighted by Crippen LogP contribution is -2.32. The Hall–Kier alpha value is -1.85. The van der Waals surface area contributed by atoms with Crippen molar-refractivity contribution >= 4 is 11.9 Å². The number of carboxylic acid groups (broad SMARTS) is 1. The van der Waals surface area contributed by atoms with E-state index >= 15 is 0 Å². The summed E-state index contributed by atoms with van der Waals surface area (Å²) in [6, 6.07) is 1.76. The van der Waals surface area contributed by atoms with Crippen molar-refractivity contribution in [2.45, 2.75) is 19.9 Å².